The molecule has 0 atom stereocenters. The van der Waals surface area contributed by atoms with Crippen molar-refractivity contribution in [2.24, 2.45) is 0 Å². The van der Waals surface area contributed by atoms with E-state index >= 15 is 0 Å². The quantitative estimate of drug-likeness (QED) is 0.510. The zero-order valence-corrected chi connectivity index (χ0v) is 18.4. The number of aliphatic carboxylic acids is 1. The minimum Gasteiger partial charge on any atom is -0.489 e. The van der Waals surface area contributed by atoms with Crippen molar-refractivity contribution < 1.29 is 14.6 Å². The van der Waals surface area contributed by atoms with Crippen LogP contribution in [0.2, 0.25) is 10.0 Å². The number of fused-ring (bicyclic) bond motifs is 1. The fraction of sp³-hybridized carbons (Fsp3) is 0.250. The number of carboxylic acids is 1. The van der Waals surface area contributed by atoms with Crippen molar-refractivity contribution in [3.05, 3.63) is 81.5 Å². The number of benzene rings is 2. The van der Waals surface area contributed by atoms with Crippen LogP contribution in [0.3, 0.4) is 0 Å². The van der Waals surface area contributed by atoms with Crippen LogP contribution in [-0.4, -0.2) is 34.0 Å². The van der Waals surface area contributed by atoms with Crippen LogP contribution in [-0.2, 0) is 24.4 Å². The number of pyridine rings is 1. The van der Waals surface area contributed by atoms with Gasteiger partial charge in [-0.3, -0.25) is 14.7 Å². The first-order valence-corrected chi connectivity index (χ1v) is 10.8. The summed E-state index contributed by atoms with van der Waals surface area (Å²) in [5.41, 5.74) is 4.94. The molecular formula is C24H22Cl2N2O3. The minimum atomic E-state index is -0.762. The van der Waals surface area contributed by atoms with E-state index in [1.165, 1.54) is 0 Å². The first-order chi connectivity index (χ1) is 15.0. The standard InChI is InChI=1S/C24H22Cl2N2O3/c25-20-2-1-3-21(26)19(20)15-31-18-7-4-16(5-8-18)22-9-6-17-14-28(13-11-24(29)30)12-10-23(17)27-22/h1-9H,10-15H2,(H,29,30). The van der Waals surface area contributed by atoms with E-state index < -0.39 is 5.97 Å². The second kappa shape index (κ2) is 9.69. The molecular weight excluding hydrogens is 435 g/mol. The third-order valence-electron chi connectivity index (χ3n) is 5.36. The number of hydrogen-bond acceptors (Lipinski definition) is 4. The van der Waals surface area contributed by atoms with Crippen molar-refractivity contribution in [3.8, 4) is 17.0 Å². The predicted molar refractivity (Wildman–Crippen MR) is 122 cm³/mol. The van der Waals surface area contributed by atoms with E-state index in [0.29, 0.717) is 23.2 Å². The number of nitrogens with zero attached hydrogens (tertiary/aromatic N) is 2. The van der Waals surface area contributed by atoms with Gasteiger partial charge in [-0.15, -0.1) is 0 Å². The van der Waals surface area contributed by atoms with Gasteiger partial charge in [0, 0.05) is 52.9 Å². The van der Waals surface area contributed by atoms with E-state index in [2.05, 4.69) is 11.0 Å². The van der Waals surface area contributed by atoms with Crippen LogP contribution in [0, 0.1) is 0 Å². The third kappa shape index (κ3) is 5.37. The van der Waals surface area contributed by atoms with Gasteiger partial charge >= 0.3 is 5.97 Å². The lowest BCUT2D eigenvalue weighted by atomic mass is 10.0. The lowest BCUT2D eigenvalue weighted by Gasteiger charge is -2.27. The maximum Gasteiger partial charge on any atom is 0.304 e. The third-order valence-corrected chi connectivity index (χ3v) is 6.07. The molecule has 160 valence electrons. The monoisotopic (exact) mass is 456 g/mol. The van der Waals surface area contributed by atoms with Crippen LogP contribution < -0.4 is 4.74 Å². The van der Waals surface area contributed by atoms with Crippen molar-refractivity contribution in [1.29, 1.82) is 0 Å². The molecule has 1 aromatic heterocycles. The molecule has 0 saturated heterocycles. The molecule has 1 N–H and O–H groups in total. The van der Waals surface area contributed by atoms with Crippen molar-refractivity contribution in [2.45, 2.75) is 26.0 Å². The van der Waals surface area contributed by atoms with E-state index in [1.807, 2.05) is 36.4 Å². The fourth-order valence-corrected chi connectivity index (χ4v) is 4.13. The molecule has 0 spiro atoms. The number of carbonyl (C=O) groups is 1. The SMILES string of the molecule is O=C(O)CCN1CCc2nc(-c3ccc(OCc4c(Cl)cccc4Cl)cc3)ccc2C1. The highest BCUT2D eigenvalue weighted by Gasteiger charge is 2.18. The molecule has 0 amide bonds. The van der Waals surface area contributed by atoms with E-state index in [1.54, 1.807) is 12.1 Å². The van der Waals surface area contributed by atoms with Crippen molar-refractivity contribution in [2.75, 3.05) is 13.1 Å². The second-order valence-corrected chi connectivity index (χ2v) is 8.30. The van der Waals surface area contributed by atoms with Gasteiger partial charge in [-0.05, 0) is 48.0 Å². The number of halogens is 2. The lowest BCUT2D eigenvalue weighted by Crippen LogP contribution is -2.32. The van der Waals surface area contributed by atoms with Gasteiger partial charge < -0.3 is 9.84 Å². The molecule has 0 radical (unpaired) electrons. The number of carboxylic acid groups (broad SMARTS) is 1. The second-order valence-electron chi connectivity index (χ2n) is 7.49. The van der Waals surface area contributed by atoms with Crippen molar-refractivity contribution >= 4 is 29.2 Å². The summed E-state index contributed by atoms with van der Waals surface area (Å²) in [6, 6.07) is 17.3. The maximum absolute atomic E-state index is 10.8. The van der Waals surface area contributed by atoms with Gasteiger partial charge in [-0.2, -0.15) is 0 Å². The molecule has 0 bridgehead atoms. The number of rotatable bonds is 7. The summed E-state index contributed by atoms with van der Waals surface area (Å²) >= 11 is 12.4. The molecule has 0 fully saturated rings. The highest BCUT2D eigenvalue weighted by atomic mass is 35.5. The first kappa shape index (κ1) is 21.6. The summed E-state index contributed by atoms with van der Waals surface area (Å²) in [5, 5.41) is 10.1. The highest BCUT2D eigenvalue weighted by Crippen LogP contribution is 2.28. The normalized spacial score (nSPS) is 13.6. The largest absolute Gasteiger partial charge is 0.489 e. The smallest absolute Gasteiger partial charge is 0.304 e. The van der Waals surface area contributed by atoms with Gasteiger partial charge in [0.1, 0.15) is 12.4 Å². The Morgan fingerprint density at radius 1 is 1.06 bits per heavy atom. The Kier molecular flexibility index (Phi) is 6.76. The van der Waals surface area contributed by atoms with Gasteiger partial charge in [-0.1, -0.05) is 35.3 Å². The minimum absolute atomic E-state index is 0.165. The Morgan fingerprint density at radius 3 is 2.52 bits per heavy atom. The number of ether oxygens (including phenoxy) is 1. The van der Waals surface area contributed by atoms with E-state index in [-0.39, 0.29) is 6.42 Å². The zero-order chi connectivity index (χ0) is 21.8. The van der Waals surface area contributed by atoms with E-state index in [0.717, 1.165) is 53.3 Å². The fourth-order valence-electron chi connectivity index (χ4n) is 3.63. The Hall–Kier alpha value is -2.60. The molecule has 3 aromatic rings. The lowest BCUT2D eigenvalue weighted by molar-refractivity contribution is -0.137. The van der Waals surface area contributed by atoms with Crippen LogP contribution in [0.4, 0.5) is 0 Å². The van der Waals surface area contributed by atoms with Crippen LogP contribution >= 0.6 is 23.2 Å². The summed E-state index contributed by atoms with van der Waals surface area (Å²) in [5.74, 6) is -0.0339. The zero-order valence-electron chi connectivity index (χ0n) is 16.9. The van der Waals surface area contributed by atoms with Gasteiger partial charge in [0.2, 0.25) is 0 Å². The molecule has 2 heterocycles. The maximum atomic E-state index is 10.8. The molecule has 31 heavy (non-hydrogen) atoms. The molecule has 2 aromatic carbocycles. The van der Waals surface area contributed by atoms with Crippen LogP contribution in [0.1, 0.15) is 23.2 Å². The average Bonchev–Trinajstić information content (AvgIpc) is 2.77. The number of hydrogen-bond donors (Lipinski definition) is 1. The summed E-state index contributed by atoms with van der Waals surface area (Å²) in [7, 11) is 0. The van der Waals surface area contributed by atoms with Crippen LogP contribution in [0.5, 0.6) is 5.75 Å². The molecule has 0 aliphatic carbocycles. The average molecular weight is 457 g/mol. The Labute approximate surface area is 191 Å². The van der Waals surface area contributed by atoms with Crippen molar-refractivity contribution in [1.82, 2.24) is 9.88 Å². The molecule has 1 aliphatic heterocycles. The molecule has 1 aliphatic rings. The first-order valence-electron chi connectivity index (χ1n) is 10.1. The Balaban J connectivity index is 1.41. The topological polar surface area (TPSA) is 62.7 Å². The molecule has 0 unspecified atom stereocenters. The van der Waals surface area contributed by atoms with Crippen LogP contribution in [0.15, 0.2) is 54.6 Å². The molecule has 5 nitrogen and oxygen atoms in total. The summed E-state index contributed by atoms with van der Waals surface area (Å²) in [6.45, 7) is 2.44. The van der Waals surface area contributed by atoms with Crippen molar-refractivity contribution in [3.63, 3.8) is 0 Å². The summed E-state index contributed by atoms with van der Waals surface area (Å²) in [4.78, 5) is 17.8. The van der Waals surface area contributed by atoms with Crippen LogP contribution in [0.25, 0.3) is 11.3 Å². The van der Waals surface area contributed by atoms with Gasteiger partial charge in [0.05, 0.1) is 12.1 Å². The highest BCUT2D eigenvalue weighted by molar-refractivity contribution is 6.35. The number of aromatic nitrogens is 1. The predicted octanol–water partition coefficient (Wildman–Crippen LogP) is 5.47. The van der Waals surface area contributed by atoms with E-state index in [9.17, 15) is 4.79 Å². The van der Waals surface area contributed by atoms with Gasteiger partial charge in [0.15, 0.2) is 0 Å². The van der Waals surface area contributed by atoms with E-state index in [4.69, 9.17) is 38.0 Å². The summed E-state index contributed by atoms with van der Waals surface area (Å²) in [6.07, 6.45) is 0.987. The van der Waals surface area contributed by atoms with Gasteiger partial charge in [0.25, 0.3) is 0 Å². The Morgan fingerprint density at radius 2 is 1.81 bits per heavy atom. The molecule has 4 rings (SSSR count). The molecule has 7 heteroatoms. The summed E-state index contributed by atoms with van der Waals surface area (Å²) < 4.78 is 5.85. The Bertz CT molecular complexity index is 1070. The molecule has 0 saturated carbocycles. The van der Waals surface area contributed by atoms with Gasteiger partial charge in [-0.25, -0.2) is 0 Å².